The van der Waals surface area contributed by atoms with E-state index in [2.05, 4.69) is 5.32 Å². The summed E-state index contributed by atoms with van der Waals surface area (Å²) >= 11 is 0. The van der Waals surface area contributed by atoms with Crippen LogP contribution in [0.25, 0.3) is 0 Å². The molecule has 0 saturated carbocycles. The Morgan fingerprint density at radius 1 is 1.32 bits per heavy atom. The summed E-state index contributed by atoms with van der Waals surface area (Å²) in [6.07, 6.45) is 0.248. The van der Waals surface area contributed by atoms with Crippen molar-refractivity contribution in [3.8, 4) is 5.75 Å². The number of fused-ring (bicyclic) bond motifs is 1. The van der Waals surface area contributed by atoms with E-state index in [0.29, 0.717) is 23.4 Å². The van der Waals surface area contributed by atoms with Crippen molar-refractivity contribution >= 4 is 24.7 Å². The van der Waals surface area contributed by atoms with Crippen LogP contribution in [0.2, 0.25) is 0 Å². The molecule has 1 aliphatic heterocycles. The molecule has 1 aliphatic rings. The van der Waals surface area contributed by atoms with E-state index in [1.54, 1.807) is 30.3 Å². The van der Waals surface area contributed by atoms with Crippen LogP contribution < -0.4 is 15.7 Å². The molecule has 2 aromatic rings. The molecule has 146 valence electrons. The molecule has 0 saturated heterocycles. The summed E-state index contributed by atoms with van der Waals surface area (Å²) in [7, 11) is 2.50. The van der Waals surface area contributed by atoms with Crippen LogP contribution >= 0.6 is 0 Å². The first-order valence-corrected chi connectivity index (χ1v) is 8.80. The van der Waals surface area contributed by atoms with E-state index in [4.69, 9.17) is 10.4 Å². The molecule has 0 spiro atoms. The standard InChI is InChI=1S/C19H22BN3O5/c1-23(2)10-13-7-6-12(8-15(13)21)18(24)22-16-9-11-4-3-5-14(19(25)26)17(11)28-20(16)27/h3-8,16,27H,9-10,21H2,1-2H3,(H,22,24)(H,25,26). The Labute approximate surface area is 163 Å². The fourth-order valence-electron chi connectivity index (χ4n) is 3.19. The first-order valence-electron chi connectivity index (χ1n) is 8.80. The first kappa shape index (κ1) is 19.7. The number of nitrogen functional groups attached to an aromatic ring is 1. The van der Waals surface area contributed by atoms with Crippen LogP contribution in [0.15, 0.2) is 36.4 Å². The number of aromatic carboxylic acids is 1. The molecule has 5 N–H and O–H groups in total. The van der Waals surface area contributed by atoms with Crippen molar-refractivity contribution in [3.05, 3.63) is 58.7 Å². The second-order valence-electron chi connectivity index (χ2n) is 7.04. The number of nitrogens with zero attached hydrogens (tertiary/aromatic N) is 1. The van der Waals surface area contributed by atoms with Crippen molar-refractivity contribution < 1.29 is 24.4 Å². The van der Waals surface area contributed by atoms with Crippen LogP contribution in [0.4, 0.5) is 5.69 Å². The number of carbonyl (C=O) groups is 2. The largest absolute Gasteiger partial charge is 0.547 e. The molecule has 1 heterocycles. The molecule has 1 amide bonds. The van der Waals surface area contributed by atoms with Gasteiger partial charge in [-0.1, -0.05) is 18.2 Å². The summed E-state index contributed by atoms with van der Waals surface area (Å²) < 4.78 is 5.39. The van der Waals surface area contributed by atoms with Crippen LogP contribution in [-0.4, -0.2) is 54.1 Å². The lowest BCUT2D eigenvalue weighted by molar-refractivity contribution is 0.0693. The van der Waals surface area contributed by atoms with Gasteiger partial charge in [0.25, 0.3) is 5.91 Å². The molecule has 0 aromatic heterocycles. The Balaban J connectivity index is 1.75. The zero-order valence-corrected chi connectivity index (χ0v) is 15.7. The lowest BCUT2D eigenvalue weighted by Gasteiger charge is -2.29. The van der Waals surface area contributed by atoms with Gasteiger partial charge < -0.3 is 30.7 Å². The molecule has 9 heteroatoms. The third kappa shape index (κ3) is 4.10. The molecule has 1 unspecified atom stereocenters. The normalized spacial score (nSPS) is 15.7. The van der Waals surface area contributed by atoms with Crippen LogP contribution in [0.1, 0.15) is 31.8 Å². The van der Waals surface area contributed by atoms with Crippen molar-refractivity contribution in [2.45, 2.75) is 18.9 Å². The van der Waals surface area contributed by atoms with E-state index in [1.807, 2.05) is 19.0 Å². The summed E-state index contributed by atoms with van der Waals surface area (Å²) in [5, 5.41) is 22.2. The molecule has 3 rings (SSSR count). The number of carbonyl (C=O) groups excluding carboxylic acids is 1. The van der Waals surface area contributed by atoms with E-state index in [1.165, 1.54) is 6.07 Å². The Bertz CT molecular complexity index is 918. The highest BCUT2D eigenvalue weighted by atomic mass is 16.5. The Morgan fingerprint density at radius 2 is 2.07 bits per heavy atom. The minimum atomic E-state index is -1.36. The predicted molar refractivity (Wildman–Crippen MR) is 105 cm³/mol. The molecule has 28 heavy (non-hydrogen) atoms. The maximum Gasteiger partial charge on any atom is 0.547 e. The van der Waals surface area contributed by atoms with Gasteiger partial charge in [-0.25, -0.2) is 4.79 Å². The SMILES string of the molecule is CN(C)Cc1ccc(C(=O)NC2Cc3cccc(C(=O)O)c3OB2O)cc1N. The maximum atomic E-state index is 12.6. The summed E-state index contributed by atoms with van der Waals surface area (Å²) in [5.74, 6) is -2.12. The number of nitrogens with two attached hydrogens (primary N) is 1. The third-order valence-corrected chi connectivity index (χ3v) is 4.56. The van der Waals surface area contributed by atoms with Crippen molar-refractivity contribution in [1.82, 2.24) is 10.2 Å². The second kappa shape index (κ2) is 7.91. The molecule has 0 fully saturated rings. The van der Waals surface area contributed by atoms with Gasteiger partial charge in [0.2, 0.25) is 0 Å². The van der Waals surface area contributed by atoms with E-state index < -0.39 is 24.9 Å². The topological polar surface area (TPSA) is 125 Å². The van der Waals surface area contributed by atoms with E-state index >= 15 is 0 Å². The molecular formula is C19H22BN3O5. The second-order valence-corrected chi connectivity index (χ2v) is 7.04. The zero-order valence-electron chi connectivity index (χ0n) is 15.7. The number of amides is 1. The van der Waals surface area contributed by atoms with Crippen molar-refractivity contribution in [2.24, 2.45) is 0 Å². The fourth-order valence-corrected chi connectivity index (χ4v) is 3.19. The van der Waals surface area contributed by atoms with E-state index in [0.717, 1.165) is 5.56 Å². The third-order valence-electron chi connectivity index (χ3n) is 4.56. The zero-order chi connectivity index (χ0) is 20.4. The average molecular weight is 383 g/mol. The van der Waals surface area contributed by atoms with Crippen molar-refractivity contribution in [2.75, 3.05) is 19.8 Å². The Kier molecular flexibility index (Phi) is 5.57. The molecular weight excluding hydrogens is 361 g/mol. The number of hydrogen-bond acceptors (Lipinski definition) is 6. The number of para-hydroxylation sites is 1. The first-order chi connectivity index (χ1) is 13.3. The van der Waals surface area contributed by atoms with Gasteiger partial charge in [-0.05, 0) is 49.8 Å². The average Bonchev–Trinajstić information content (AvgIpc) is 2.63. The van der Waals surface area contributed by atoms with Gasteiger partial charge in [-0.15, -0.1) is 0 Å². The van der Waals surface area contributed by atoms with Gasteiger partial charge >= 0.3 is 13.1 Å². The summed E-state index contributed by atoms with van der Waals surface area (Å²) in [6.45, 7) is 0.658. The van der Waals surface area contributed by atoms with Gasteiger partial charge in [0.15, 0.2) is 0 Å². The monoisotopic (exact) mass is 383 g/mol. The highest BCUT2D eigenvalue weighted by Crippen LogP contribution is 2.30. The molecule has 8 nitrogen and oxygen atoms in total. The predicted octanol–water partition coefficient (Wildman–Crippen LogP) is 0.782. The number of nitrogens with one attached hydrogen (secondary N) is 1. The minimum absolute atomic E-state index is 0.0226. The van der Waals surface area contributed by atoms with Crippen LogP contribution in [0.3, 0.4) is 0 Å². The van der Waals surface area contributed by atoms with Gasteiger partial charge in [0, 0.05) is 17.8 Å². The van der Waals surface area contributed by atoms with Crippen LogP contribution in [0, 0.1) is 0 Å². The van der Waals surface area contributed by atoms with Gasteiger partial charge in [-0.3, -0.25) is 4.79 Å². The fraction of sp³-hybridized carbons (Fsp3) is 0.263. The summed E-state index contributed by atoms with van der Waals surface area (Å²) in [5.41, 5.74) is 8.42. The van der Waals surface area contributed by atoms with Crippen molar-refractivity contribution in [3.63, 3.8) is 0 Å². The number of rotatable bonds is 5. The number of carboxylic acids is 1. The maximum absolute atomic E-state index is 12.6. The van der Waals surface area contributed by atoms with Gasteiger partial charge in [0.1, 0.15) is 5.75 Å². The summed E-state index contributed by atoms with van der Waals surface area (Å²) in [4.78, 5) is 25.9. The molecule has 1 atom stereocenters. The van der Waals surface area contributed by atoms with E-state index in [9.17, 15) is 19.7 Å². The smallest absolute Gasteiger partial charge is 0.534 e. The molecule has 2 aromatic carbocycles. The number of hydrogen-bond donors (Lipinski definition) is 4. The highest BCUT2D eigenvalue weighted by molar-refractivity contribution is 6.47. The van der Waals surface area contributed by atoms with Crippen molar-refractivity contribution in [1.29, 1.82) is 0 Å². The molecule has 0 aliphatic carbocycles. The number of carboxylic acid groups (broad SMARTS) is 1. The van der Waals surface area contributed by atoms with E-state index in [-0.39, 0.29) is 17.7 Å². The molecule has 0 bridgehead atoms. The quantitative estimate of drug-likeness (QED) is 0.444. The lowest BCUT2D eigenvalue weighted by Crippen LogP contribution is -2.53. The molecule has 0 radical (unpaired) electrons. The van der Waals surface area contributed by atoms with Crippen LogP contribution in [-0.2, 0) is 13.0 Å². The number of anilines is 1. The highest BCUT2D eigenvalue weighted by Gasteiger charge is 2.37. The number of benzene rings is 2. The minimum Gasteiger partial charge on any atom is -0.534 e. The van der Waals surface area contributed by atoms with Gasteiger partial charge in [-0.2, -0.15) is 0 Å². The summed E-state index contributed by atoms with van der Waals surface area (Å²) in [6, 6.07) is 9.79. The van der Waals surface area contributed by atoms with Gasteiger partial charge in [0.05, 0.1) is 11.5 Å². The lowest BCUT2D eigenvalue weighted by atomic mass is 9.72. The Hall–Kier alpha value is -3.04. The van der Waals surface area contributed by atoms with Crippen LogP contribution in [0.5, 0.6) is 5.75 Å². The Morgan fingerprint density at radius 3 is 2.71 bits per heavy atom.